The van der Waals surface area contributed by atoms with Crippen molar-refractivity contribution in [2.45, 2.75) is 0 Å². The van der Waals surface area contributed by atoms with Crippen LogP contribution in [0.25, 0.3) is 107 Å². The highest BCUT2D eigenvalue weighted by molar-refractivity contribution is 7.25. The molecule has 11 aromatic rings. The van der Waals surface area contributed by atoms with Crippen molar-refractivity contribution < 1.29 is 0 Å². The van der Waals surface area contributed by atoms with Gasteiger partial charge in [0.15, 0.2) is 0 Å². The average molecular weight is 637 g/mol. The first kappa shape index (κ1) is 27.0. The van der Waals surface area contributed by atoms with Crippen LogP contribution in [0.15, 0.2) is 170 Å². The monoisotopic (exact) mass is 636 g/mol. The van der Waals surface area contributed by atoms with Crippen molar-refractivity contribution in [3.8, 4) is 22.3 Å². The largest absolute Gasteiger partial charge is 0.135 e. The normalized spacial score (nSPS) is 12.1. The first-order valence-electron chi connectivity index (χ1n) is 16.9. The fourth-order valence-electron chi connectivity index (χ4n) is 8.43. The molecule has 0 atom stereocenters. The summed E-state index contributed by atoms with van der Waals surface area (Å²) < 4.78 is 2.67. The second-order valence-electron chi connectivity index (χ2n) is 13.2. The predicted molar refractivity (Wildman–Crippen MR) is 215 cm³/mol. The van der Waals surface area contributed by atoms with Crippen molar-refractivity contribution in [2.75, 3.05) is 0 Å². The Morgan fingerprint density at radius 1 is 0.286 bits per heavy atom. The van der Waals surface area contributed by atoms with Gasteiger partial charge < -0.3 is 0 Å². The molecule has 1 heteroatoms. The third-order valence-corrected chi connectivity index (χ3v) is 11.7. The minimum absolute atomic E-state index is 1.26. The van der Waals surface area contributed by atoms with E-state index in [9.17, 15) is 0 Å². The lowest BCUT2D eigenvalue weighted by Crippen LogP contribution is -1.92. The standard InChI is InChI=1S/C48H28S/c1-2-13-31-27-45-42(25-30(31)12-1)36-24-23-33(28-44(36)49-45)47-38-17-7-9-19-40(38)48(41-20-10-8-18-39(41)47)43-26-32-22-21-29-11-3-4-14-34(29)46(32)37-16-6-5-15-35(37)43/h1-28H. The van der Waals surface area contributed by atoms with Crippen LogP contribution < -0.4 is 0 Å². The molecule has 0 fully saturated rings. The Kier molecular flexibility index (Phi) is 5.64. The molecule has 0 N–H and O–H groups in total. The van der Waals surface area contributed by atoms with Crippen LogP contribution in [-0.4, -0.2) is 0 Å². The van der Waals surface area contributed by atoms with Crippen molar-refractivity contribution >= 4 is 96.1 Å². The molecule has 0 radical (unpaired) electrons. The lowest BCUT2D eigenvalue weighted by molar-refractivity contribution is 1.70. The lowest BCUT2D eigenvalue weighted by Gasteiger charge is -2.20. The third-order valence-electron chi connectivity index (χ3n) is 10.6. The van der Waals surface area contributed by atoms with Crippen LogP contribution in [0.1, 0.15) is 0 Å². The summed E-state index contributed by atoms with van der Waals surface area (Å²) >= 11 is 1.90. The van der Waals surface area contributed by atoms with E-state index in [0.29, 0.717) is 0 Å². The van der Waals surface area contributed by atoms with Gasteiger partial charge in [-0.3, -0.25) is 0 Å². The highest BCUT2D eigenvalue weighted by atomic mass is 32.1. The Morgan fingerprint density at radius 2 is 0.816 bits per heavy atom. The number of benzene rings is 10. The number of rotatable bonds is 2. The number of hydrogen-bond donors (Lipinski definition) is 0. The van der Waals surface area contributed by atoms with Gasteiger partial charge in [-0.25, -0.2) is 0 Å². The zero-order valence-corrected chi connectivity index (χ0v) is 27.4. The molecule has 0 nitrogen and oxygen atoms in total. The van der Waals surface area contributed by atoms with Crippen molar-refractivity contribution in [1.82, 2.24) is 0 Å². The van der Waals surface area contributed by atoms with Gasteiger partial charge in [0.05, 0.1) is 0 Å². The Balaban J connectivity index is 1.22. The Morgan fingerprint density at radius 3 is 1.53 bits per heavy atom. The minimum Gasteiger partial charge on any atom is -0.135 e. The van der Waals surface area contributed by atoms with Crippen LogP contribution in [-0.2, 0) is 0 Å². The van der Waals surface area contributed by atoms with Crippen LogP contribution in [0.3, 0.4) is 0 Å². The summed E-state index contributed by atoms with van der Waals surface area (Å²) in [6.45, 7) is 0. The first-order valence-corrected chi connectivity index (χ1v) is 17.7. The van der Waals surface area contributed by atoms with E-state index in [4.69, 9.17) is 0 Å². The van der Waals surface area contributed by atoms with Crippen LogP contribution in [0.4, 0.5) is 0 Å². The lowest BCUT2D eigenvalue weighted by atomic mass is 9.83. The van der Waals surface area contributed by atoms with Gasteiger partial charge in [-0.1, -0.05) is 146 Å². The number of thiophene rings is 1. The quantitative estimate of drug-likeness (QED) is 0.131. The zero-order valence-electron chi connectivity index (χ0n) is 26.6. The van der Waals surface area contributed by atoms with Gasteiger partial charge in [-0.05, 0) is 111 Å². The fraction of sp³-hybridized carbons (Fsp3) is 0. The van der Waals surface area contributed by atoms with Crippen molar-refractivity contribution in [3.63, 3.8) is 0 Å². The maximum atomic E-state index is 2.44. The molecule has 0 saturated carbocycles. The molecule has 49 heavy (non-hydrogen) atoms. The maximum Gasteiger partial charge on any atom is 0.0361 e. The minimum atomic E-state index is 1.26. The fourth-order valence-corrected chi connectivity index (χ4v) is 9.61. The average Bonchev–Trinajstić information content (AvgIpc) is 3.52. The van der Waals surface area contributed by atoms with E-state index < -0.39 is 0 Å². The van der Waals surface area contributed by atoms with Crippen molar-refractivity contribution in [2.24, 2.45) is 0 Å². The maximum absolute atomic E-state index is 2.44. The smallest absolute Gasteiger partial charge is 0.0361 e. The van der Waals surface area contributed by atoms with Gasteiger partial charge in [-0.15, -0.1) is 11.3 Å². The molecule has 0 aliphatic rings. The molecular weight excluding hydrogens is 609 g/mol. The van der Waals surface area contributed by atoms with Gasteiger partial charge in [0.1, 0.15) is 0 Å². The second kappa shape index (κ2) is 10.2. The molecule has 0 aliphatic carbocycles. The molecule has 0 bridgehead atoms. The van der Waals surface area contributed by atoms with Crippen molar-refractivity contribution in [3.05, 3.63) is 170 Å². The van der Waals surface area contributed by atoms with E-state index in [1.807, 2.05) is 11.3 Å². The summed E-state index contributed by atoms with van der Waals surface area (Å²) in [4.78, 5) is 0. The van der Waals surface area contributed by atoms with Crippen molar-refractivity contribution in [1.29, 1.82) is 0 Å². The van der Waals surface area contributed by atoms with Gasteiger partial charge >= 0.3 is 0 Å². The topological polar surface area (TPSA) is 0 Å². The van der Waals surface area contributed by atoms with Crippen LogP contribution in [0, 0.1) is 0 Å². The molecule has 1 aromatic heterocycles. The molecule has 0 aliphatic heterocycles. The summed E-state index contributed by atoms with van der Waals surface area (Å²) in [7, 11) is 0. The predicted octanol–water partition coefficient (Wildman–Crippen LogP) is 14.3. The summed E-state index contributed by atoms with van der Waals surface area (Å²) in [6, 6.07) is 63.3. The molecule has 0 spiro atoms. The molecule has 226 valence electrons. The van der Waals surface area contributed by atoms with E-state index in [0.717, 1.165) is 0 Å². The Hall–Kier alpha value is -6.02. The van der Waals surface area contributed by atoms with E-state index in [1.165, 1.54) is 107 Å². The Bertz CT molecular complexity index is 3100. The van der Waals surface area contributed by atoms with E-state index in [2.05, 4.69) is 170 Å². The summed E-state index contributed by atoms with van der Waals surface area (Å²) in [5, 5.41) is 18.1. The van der Waals surface area contributed by atoms with E-state index >= 15 is 0 Å². The third kappa shape index (κ3) is 3.91. The van der Waals surface area contributed by atoms with E-state index in [1.54, 1.807) is 0 Å². The summed E-state index contributed by atoms with van der Waals surface area (Å²) in [6.07, 6.45) is 0. The summed E-state index contributed by atoms with van der Waals surface area (Å²) in [5.41, 5.74) is 5.15. The number of hydrogen-bond acceptors (Lipinski definition) is 1. The van der Waals surface area contributed by atoms with Crippen LogP contribution in [0.5, 0.6) is 0 Å². The number of fused-ring (bicyclic) bond motifs is 11. The summed E-state index contributed by atoms with van der Waals surface area (Å²) in [5.74, 6) is 0. The van der Waals surface area contributed by atoms with Crippen LogP contribution in [0.2, 0.25) is 0 Å². The first-order chi connectivity index (χ1) is 24.3. The molecule has 0 amide bonds. The van der Waals surface area contributed by atoms with Gasteiger partial charge in [0.2, 0.25) is 0 Å². The van der Waals surface area contributed by atoms with Crippen LogP contribution >= 0.6 is 11.3 Å². The second-order valence-corrected chi connectivity index (χ2v) is 14.3. The van der Waals surface area contributed by atoms with Gasteiger partial charge in [0, 0.05) is 20.2 Å². The zero-order chi connectivity index (χ0) is 32.1. The molecule has 11 rings (SSSR count). The molecule has 0 unspecified atom stereocenters. The SMILES string of the molecule is c1ccc2cc3c(cc2c1)sc1cc(-c2c4ccccc4c(-c4cc5ccc6ccccc6c5c5ccccc45)c4ccccc24)ccc13. The highest BCUT2D eigenvalue weighted by Gasteiger charge is 2.20. The molecular formula is C48H28S. The van der Waals surface area contributed by atoms with Gasteiger partial charge in [-0.2, -0.15) is 0 Å². The molecule has 10 aromatic carbocycles. The molecule has 0 saturated heterocycles. The van der Waals surface area contributed by atoms with E-state index in [-0.39, 0.29) is 0 Å². The Labute approximate surface area is 287 Å². The molecule has 1 heterocycles. The highest BCUT2D eigenvalue weighted by Crippen LogP contribution is 2.48. The van der Waals surface area contributed by atoms with Gasteiger partial charge in [0.25, 0.3) is 0 Å².